The maximum atomic E-state index is 9.20. The molecule has 3 rings (SSSR count). The molecule has 0 aromatic rings. The smallest absolute Gasteiger partial charge is 0.0760 e. The fourth-order valence-electron chi connectivity index (χ4n) is 1.86. The summed E-state index contributed by atoms with van der Waals surface area (Å²) < 4.78 is 5.14. The van der Waals surface area contributed by atoms with Crippen LogP contribution in [-0.4, -0.2) is 23.4 Å². The molecule has 3 saturated carbocycles. The third-order valence-electron chi connectivity index (χ3n) is 2.39. The Hall–Kier alpha value is -0.0800. The number of aliphatic hydroxyl groups is 1. The Balaban J connectivity index is 2.04. The topological polar surface area (TPSA) is 29.5 Å². The first-order valence-corrected chi connectivity index (χ1v) is 2.96. The first-order valence-electron chi connectivity index (χ1n) is 2.96. The summed E-state index contributed by atoms with van der Waals surface area (Å²) in [5.41, 5.74) is -0.176. The first kappa shape index (κ1) is 4.77. The second-order valence-corrected chi connectivity index (χ2v) is 3.14. The van der Waals surface area contributed by atoms with Gasteiger partial charge < -0.3 is 9.84 Å². The summed E-state index contributed by atoms with van der Waals surface area (Å²) >= 11 is 0. The van der Waals surface area contributed by atoms with Crippen LogP contribution in [0, 0.1) is 0 Å². The highest BCUT2D eigenvalue weighted by molar-refractivity contribution is 5.21. The summed E-state index contributed by atoms with van der Waals surface area (Å²) in [6.45, 7) is 0. The number of hydrogen-bond acceptors (Lipinski definition) is 2. The standard InChI is InChI=1S/C6H10O2/c1-8-6-2-5(7,3-6)4-6/h7H,2-4H2,1H3. The third-order valence-corrected chi connectivity index (χ3v) is 2.39. The van der Waals surface area contributed by atoms with Gasteiger partial charge in [-0.1, -0.05) is 0 Å². The van der Waals surface area contributed by atoms with Crippen molar-refractivity contribution in [3.8, 4) is 0 Å². The lowest BCUT2D eigenvalue weighted by atomic mass is 9.48. The highest BCUT2D eigenvalue weighted by Gasteiger charge is 2.68. The predicted molar refractivity (Wildman–Crippen MR) is 28.5 cm³/mol. The van der Waals surface area contributed by atoms with Gasteiger partial charge >= 0.3 is 0 Å². The molecule has 3 aliphatic carbocycles. The van der Waals surface area contributed by atoms with Crippen molar-refractivity contribution in [2.75, 3.05) is 7.11 Å². The van der Waals surface area contributed by atoms with Crippen molar-refractivity contribution in [1.82, 2.24) is 0 Å². The zero-order chi connectivity index (χ0) is 5.83. The monoisotopic (exact) mass is 114 g/mol. The quantitative estimate of drug-likeness (QED) is 0.531. The molecule has 0 unspecified atom stereocenters. The fourth-order valence-corrected chi connectivity index (χ4v) is 1.86. The van der Waals surface area contributed by atoms with Crippen LogP contribution in [0.5, 0.6) is 0 Å². The number of methoxy groups -OCH3 is 1. The summed E-state index contributed by atoms with van der Waals surface area (Å²) in [4.78, 5) is 0. The second-order valence-electron chi connectivity index (χ2n) is 3.14. The first-order chi connectivity index (χ1) is 3.68. The lowest BCUT2D eigenvalue weighted by Crippen LogP contribution is -2.72. The largest absolute Gasteiger partial charge is 0.390 e. The summed E-state index contributed by atoms with van der Waals surface area (Å²) in [5.74, 6) is 0. The molecule has 3 fully saturated rings. The van der Waals surface area contributed by atoms with Gasteiger partial charge in [0.2, 0.25) is 0 Å². The van der Waals surface area contributed by atoms with E-state index in [4.69, 9.17) is 4.74 Å². The van der Waals surface area contributed by atoms with Gasteiger partial charge in [-0.15, -0.1) is 0 Å². The van der Waals surface area contributed by atoms with Crippen LogP contribution < -0.4 is 0 Å². The van der Waals surface area contributed by atoms with E-state index in [0.29, 0.717) is 0 Å². The zero-order valence-corrected chi connectivity index (χ0v) is 4.98. The van der Waals surface area contributed by atoms with Crippen LogP contribution in [0.2, 0.25) is 0 Å². The minimum Gasteiger partial charge on any atom is -0.390 e. The number of rotatable bonds is 1. The van der Waals surface area contributed by atoms with Gasteiger partial charge in [0.15, 0.2) is 0 Å². The summed E-state index contributed by atoms with van der Waals surface area (Å²) in [6.07, 6.45) is 2.61. The van der Waals surface area contributed by atoms with E-state index < -0.39 is 0 Å². The van der Waals surface area contributed by atoms with Crippen LogP contribution >= 0.6 is 0 Å². The van der Waals surface area contributed by atoms with Crippen LogP contribution in [0.4, 0.5) is 0 Å². The lowest BCUT2D eigenvalue weighted by Gasteiger charge is -2.66. The van der Waals surface area contributed by atoms with Crippen LogP contribution in [0.15, 0.2) is 0 Å². The highest BCUT2D eigenvalue weighted by atomic mass is 16.5. The van der Waals surface area contributed by atoms with E-state index in [1.807, 2.05) is 0 Å². The van der Waals surface area contributed by atoms with Crippen molar-refractivity contribution >= 4 is 0 Å². The Labute approximate surface area is 48.5 Å². The van der Waals surface area contributed by atoms with Crippen molar-refractivity contribution < 1.29 is 9.84 Å². The minimum absolute atomic E-state index is 0.120. The Morgan fingerprint density at radius 1 is 1.38 bits per heavy atom. The van der Waals surface area contributed by atoms with Gasteiger partial charge in [-0.25, -0.2) is 0 Å². The normalized spacial score (nSPS) is 59.2. The number of ether oxygens (including phenoxy) is 1. The van der Waals surface area contributed by atoms with Crippen molar-refractivity contribution in [2.24, 2.45) is 0 Å². The minimum atomic E-state index is -0.296. The van der Waals surface area contributed by atoms with Gasteiger partial charge in [0.05, 0.1) is 11.2 Å². The summed E-state index contributed by atoms with van der Waals surface area (Å²) in [7, 11) is 1.72. The molecule has 3 aliphatic rings. The maximum Gasteiger partial charge on any atom is 0.0760 e. The van der Waals surface area contributed by atoms with Crippen LogP contribution in [-0.2, 0) is 4.74 Å². The van der Waals surface area contributed by atoms with Crippen molar-refractivity contribution in [1.29, 1.82) is 0 Å². The Kier molecular flexibility index (Phi) is 0.570. The van der Waals surface area contributed by atoms with Gasteiger partial charge in [0.1, 0.15) is 0 Å². The van der Waals surface area contributed by atoms with Crippen LogP contribution in [0.1, 0.15) is 19.3 Å². The van der Waals surface area contributed by atoms with Crippen LogP contribution in [0.3, 0.4) is 0 Å². The van der Waals surface area contributed by atoms with E-state index in [1.165, 1.54) is 0 Å². The molecule has 0 aromatic carbocycles. The fraction of sp³-hybridized carbons (Fsp3) is 1.00. The van der Waals surface area contributed by atoms with E-state index in [1.54, 1.807) is 7.11 Å². The summed E-state index contributed by atoms with van der Waals surface area (Å²) in [6, 6.07) is 0. The SMILES string of the molecule is COC12CC(O)(C1)C2. The Morgan fingerprint density at radius 2 is 1.88 bits per heavy atom. The van der Waals surface area contributed by atoms with Gasteiger partial charge in [0.25, 0.3) is 0 Å². The predicted octanol–water partition coefficient (Wildman–Crippen LogP) is 0.300. The number of hydrogen-bond donors (Lipinski definition) is 1. The average molecular weight is 114 g/mol. The van der Waals surface area contributed by atoms with E-state index in [2.05, 4.69) is 0 Å². The van der Waals surface area contributed by atoms with E-state index >= 15 is 0 Å². The molecule has 0 heterocycles. The van der Waals surface area contributed by atoms with Crippen molar-refractivity contribution in [2.45, 2.75) is 30.5 Å². The van der Waals surface area contributed by atoms with Gasteiger partial charge in [-0.2, -0.15) is 0 Å². The molecule has 1 N–H and O–H groups in total. The van der Waals surface area contributed by atoms with E-state index in [-0.39, 0.29) is 11.2 Å². The summed E-state index contributed by atoms with van der Waals surface area (Å²) in [5, 5.41) is 9.20. The highest BCUT2D eigenvalue weighted by Crippen LogP contribution is 2.62. The zero-order valence-electron chi connectivity index (χ0n) is 4.98. The molecule has 2 bridgehead atoms. The molecule has 2 heteroatoms. The average Bonchev–Trinajstić information content (AvgIpc) is 1.55. The van der Waals surface area contributed by atoms with Crippen molar-refractivity contribution in [3.63, 3.8) is 0 Å². The third kappa shape index (κ3) is 0.327. The molecule has 0 aromatic heterocycles. The van der Waals surface area contributed by atoms with Gasteiger partial charge in [0, 0.05) is 26.4 Å². The molecule has 0 aliphatic heterocycles. The van der Waals surface area contributed by atoms with E-state index in [0.717, 1.165) is 19.3 Å². The Morgan fingerprint density at radius 3 is 2.00 bits per heavy atom. The molecule has 0 spiro atoms. The van der Waals surface area contributed by atoms with Crippen molar-refractivity contribution in [3.05, 3.63) is 0 Å². The molecule has 8 heavy (non-hydrogen) atoms. The molecule has 0 radical (unpaired) electrons. The van der Waals surface area contributed by atoms with Crippen LogP contribution in [0.25, 0.3) is 0 Å². The molecule has 0 atom stereocenters. The molecule has 46 valence electrons. The maximum absolute atomic E-state index is 9.20. The Bertz CT molecular complexity index is 111. The molecule has 2 nitrogen and oxygen atoms in total. The molecule has 0 amide bonds. The van der Waals surface area contributed by atoms with Gasteiger partial charge in [-0.3, -0.25) is 0 Å². The van der Waals surface area contributed by atoms with E-state index in [9.17, 15) is 5.11 Å². The molecular formula is C6H10O2. The second kappa shape index (κ2) is 0.957. The molecular weight excluding hydrogens is 104 g/mol. The van der Waals surface area contributed by atoms with Gasteiger partial charge in [-0.05, 0) is 0 Å². The lowest BCUT2D eigenvalue weighted by molar-refractivity contribution is -0.309. The molecule has 0 saturated heterocycles.